The normalized spacial score (nSPS) is 21.7. The summed E-state index contributed by atoms with van der Waals surface area (Å²) in [5.41, 5.74) is 0. The highest BCUT2D eigenvalue weighted by atomic mass is 16.4. The summed E-state index contributed by atoms with van der Waals surface area (Å²) in [5.74, 6) is -0.854. The van der Waals surface area contributed by atoms with E-state index in [9.17, 15) is 9.59 Å². The van der Waals surface area contributed by atoms with Crippen molar-refractivity contribution in [2.45, 2.75) is 65.0 Å². The van der Waals surface area contributed by atoms with Gasteiger partial charge in [-0.3, -0.25) is 4.79 Å². The van der Waals surface area contributed by atoms with Gasteiger partial charge >= 0.3 is 5.97 Å². The molecule has 2 atom stereocenters. The second kappa shape index (κ2) is 8.25. The summed E-state index contributed by atoms with van der Waals surface area (Å²) < 4.78 is 0. The molecule has 1 rings (SSSR count). The Morgan fingerprint density at radius 2 is 2.05 bits per heavy atom. The molecule has 1 aliphatic heterocycles. The Kier molecular flexibility index (Phi) is 6.99. The molecule has 1 fully saturated rings. The van der Waals surface area contributed by atoms with Gasteiger partial charge in [-0.2, -0.15) is 0 Å². The Hall–Kier alpha value is -1.10. The first kappa shape index (κ1) is 17.0. The van der Waals surface area contributed by atoms with Crippen molar-refractivity contribution in [3.05, 3.63) is 0 Å². The molecule has 0 aliphatic carbocycles. The van der Waals surface area contributed by atoms with E-state index in [2.05, 4.69) is 17.1 Å². The number of carboxylic acids is 1. The van der Waals surface area contributed by atoms with Crippen LogP contribution in [0.4, 0.5) is 0 Å². The highest BCUT2D eigenvalue weighted by Crippen LogP contribution is 2.16. The van der Waals surface area contributed by atoms with Gasteiger partial charge in [0.05, 0.1) is 0 Å². The Bertz CT molecular complexity index is 331. The van der Waals surface area contributed by atoms with E-state index in [0.717, 1.165) is 13.1 Å². The molecular weight excluding hydrogens is 256 g/mol. The van der Waals surface area contributed by atoms with Gasteiger partial charge in [0.2, 0.25) is 5.91 Å². The summed E-state index contributed by atoms with van der Waals surface area (Å²) in [6.45, 7) is 7.87. The van der Waals surface area contributed by atoms with Crippen LogP contribution in [0.3, 0.4) is 0 Å². The number of carboxylic acid groups (broad SMARTS) is 1. The molecule has 2 unspecified atom stereocenters. The Morgan fingerprint density at radius 1 is 1.35 bits per heavy atom. The lowest BCUT2D eigenvalue weighted by atomic mass is 10.0. The molecule has 5 heteroatoms. The number of nitrogens with zero attached hydrogens (tertiary/aromatic N) is 1. The minimum atomic E-state index is -0.946. The first-order valence-electron chi connectivity index (χ1n) is 7.66. The van der Waals surface area contributed by atoms with Crippen LogP contribution >= 0.6 is 0 Å². The lowest BCUT2D eigenvalue weighted by Gasteiger charge is -2.33. The fraction of sp³-hybridized carbons (Fsp3) is 0.867. The van der Waals surface area contributed by atoms with Crippen molar-refractivity contribution in [3.8, 4) is 0 Å². The predicted octanol–water partition coefficient (Wildman–Crippen LogP) is 1.87. The zero-order chi connectivity index (χ0) is 15.1. The van der Waals surface area contributed by atoms with Crippen LogP contribution < -0.4 is 5.32 Å². The first-order chi connectivity index (χ1) is 9.40. The van der Waals surface area contributed by atoms with E-state index in [1.165, 1.54) is 19.3 Å². The SMILES string of the molecule is CC(C)CC(NC(=O)CCN1CCCCC1C)C(=O)O. The molecule has 0 aromatic heterocycles. The van der Waals surface area contributed by atoms with Crippen molar-refractivity contribution in [3.63, 3.8) is 0 Å². The predicted molar refractivity (Wildman–Crippen MR) is 78.5 cm³/mol. The van der Waals surface area contributed by atoms with Crippen molar-refractivity contribution in [2.24, 2.45) is 5.92 Å². The number of aliphatic carboxylic acids is 1. The quantitative estimate of drug-likeness (QED) is 0.749. The lowest BCUT2D eigenvalue weighted by molar-refractivity contribution is -0.142. The zero-order valence-corrected chi connectivity index (χ0v) is 12.9. The minimum absolute atomic E-state index is 0.157. The summed E-state index contributed by atoms with van der Waals surface area (Å²) in [6, 6.07) is -0.233. The molecule has 2 N–H and O–H groups in total. The number of likely N-dealkylation sites (tertiary alicyclic amines) is 1. The van der Waals surface area contributed by atoms with E-state index in [1.54, 1.807) is 0 Å². The van der Waals surface area contributed by atoms with Crippen molar-refractivity contribution in [1.29, 1.82) is 0 Å². The van der Waals surface area contributed by atoms with Crippen LogP contribution in [0, 0.1) is 5.92 Å². The third-order valence-corrected chi connectivity index (χ3v) is 3.91. The second-order valence-corrected chi connectivity index (χ2v) is 6.22. The van der Waals surface area contributed by atoms with E-state index in [-0.39, 0.29) is 11.8 Å². The van der Waals surface area contributed by atoms with Crippen molar-refractivity contribution in [2.75, 3.05) is 13.1 Å². The summed E-state index contributed by atoms with van der Waals surface area (Å²) in [7, 11) is 0. The maximum absolute atomic E-state index is 11.9. The number of hydrogen-bond donors (Lipinski definition) is 2. The highest BCUT2D eigenvalue weighted by Gasteiger charge is 2.22. The standard InChI is InChI=1S/C15H28N2O3/c1-11(2)10-13(15(19)20)16-14(18)7-9-17-8-5-4-6-12(17)3/h11-13H,4-10H2,1-3H3,(H,16,18)(H,19,20). The van der Waals surface area contributed by atoms with Gasteiger partial charge in [0.25, 0.3) is 0 Å². The fourth-order valence-electron chi connectivity index (χ4n) is 2.69. The third kappa shape index (κ3) is 5.90. The number of carbonyl (C=O) groups excluding carboxylic acids is 1. The lowest BCUT2D eigenvalue weighted by Crippen LogP contribution is -2.44. The van der Waals surface area contributed by atoms with Crippen LogP contribution in [0.1, 0.15) is 52.9 Å². The summed E-state index contributed by atoms with van der Waals surface area (Å²) in [6.07, 6.45) is 4.50. The number of amides is 1. The van der Waals surface area contributed by atoms with Crippen molar-refractivity contribution < 1.29 is 14.7 Å². The average molecular weight is 284 g/mol. The molecule has 20 heavy (non-hydrogen) atoms. The number of hydrogen-bond acceptors (Lipinski definition) is 3. The summed E-state index contributed by atoms with van der Waals surface area (Å²) in [4.78, 5) is 25.3. The Labute approximate surface area is 121 Å². The smallest absolute Gasteiger partial charge is 0.326 e. The molecule has 0 spiro atoms. The number of carbonyl (C=O) groups is 2. The van der Waals surface area contributed by atoms with Crippen LogP contribution in [0.5, 0.6) is 0 Å². The molecule has 0 bridgehead atoms. The molecule has 0 radical (unpaired) electrons. The van der Waals surface area contributed by atoms with Gasteiger partial charge in [-0.1, -0.05) is 20.3 Å². The molecule has 116 valence electrons. The van der Waals surface area contributed by atoms with Crippen LogP contribution in [0.15, 0.2) is 0 Å². The largest absolute Gasteiger partial charge is 0.480 e. The topological polar surface area (TPSA) is 69.6 Å². The maximum atomic E-state index is 11.9. The van der Waals surface area contributed by atoms with E-state index in [4.69, 9.17) is 5.11 Å². The number of rotatable bonds is 7. The van der Waals surface area contributed by atoms with E-state index < -0.39 is 12.0 Å². The van der Waals surface area contributed by atoms with Gasteiger partial charge < -0.3 is 15.3 Å². The van der Waals surface area contributed by atoms with Crippen molar-refractivity contribution >= 4 is 11.9 Å². The van der Waals surface area contributed by atoms with Gasteiger partial charge in [0.15, 0.2) is 0 Å². The molecule has 5 nitrogen and oxygen atoms in total. The monoisotopic (exact) mass is 284 g/mol. The van der Waals surface area contributed by atoms with Crippen LogP contribution in [-0.4, -0.2) is 47.1 Å². The van der Waals surface area contributed by atoms with Gasteiger partial charge in [-0.15, -0.1) is 0 Å². The van der Waals surface area contributed by atoms with Crippen LogP contribution in [0.25, 0.3) is 0 Å². The highest BCUT2D eigenvalue weighted by molar-refractivity contribution is 5.83. The average Bonchev–Trinajstić information content (AvgIpc) is 2.36. The van der Waals surface area contributed by atoms with Gasteiger partial charge in [0.1, 0.15) is 6.04 Å². The Balaban J connectivity index is 2.35. The van der Waals surface area contributed by atoms with Gasteiger partial charge in [0, 0.05) is 19.0 Å². The summed E-state index contributed by atoms with van der Waals surface area (Å²) >= 11 is 0. The van der Waals surface area contributed by atoms with E-state index in [1.807, 2.05) is 13.8 Å². The molecule has 0 aromatic rings. The minimum Gasteiger partial charge on any atom is -0.480 e. The molecule has 1 amide bonds. The molecule has 1 aliphatic rings. The third-order valence-electron chi connectivity index (χ3n) is 3.91. The molecule has 1 heterocycles. The van der Waals surface area contributed by atoms with Gasteiger partial charge in [-0.05, 0) is 38.6 Å². The number of nitrogens with one attached hydrogen (secondary N) is 1. The molecular formula is C15H28N2O3. The zero-order valence-electron chi connectivity index (χ0n) is 12.9. The molecule has 0 saturated carbocycles. The first-order valence-corrected chi connectivity index (χ1v) is 7.66. The van der Waals surface area contributed by atoms with Crippen LogP contribution in [-0.2, 0) is 9.59 Å². The van der Waals surface area contributed by atoms with Crippen molar-refractivity contribution in [1.82, 2.24) is 10.2 Å². The summed E-state index contributed by atoms with van der Waals surface area (Å²) in [5, 5.41) is 11.7. The second-order valence-electron chi connectivity index (χ2n) is 6.22. The van der Waals surface area contributed by atoms with Crippen LogP contribution in [0.2, 0.25) is 0 Å². The maximum Gasteiger partial charge on any atom is 0.326 e. The Morgan fingerprint density at radius 3 is 2.60 bits per heavy atom. The number of piperidine rings is 1. The van der Waals surface area contributed by atoms with E-state index >= 15 is 0 Å². The molecule has 0 aromatic carbocycles. The van der Waals surface area contributed by atoms with Gasteiger partial charge in [-0.25, -0.2) is 4.79 Å². The molecule has 1 saturated heterocycles. The fourth-order valence-corrected chi connectivity index (χ4v) is 2.69. The van der Waals surface area contributed by atoms with E-state index in [0.29, 0.717) is 18.9 Å².